The van der Waals surface area contributed by atoms with Crippen LogP contribution in [0.2, 0.25) is 0 Å². The molecule has 1 N–H and O–H groups in total. The van der Waals surface area contributed by atoms with Gasteiger partial charge in [-0.15, -0.1) is 0 Å². The highest BCUT2D eigenvalue weighted by atomic mass is 16.3. The Hall–Kier alpha value is -3.66. The van der Waals surface area contributed by atoms with Gasteiger partial charge in [0, 0.05) is 18.2 Å². The maximum Gasteiger partial charge on any atom is 0.248 e. The van der Waals surface area contributed by atoms with Crippen molar-refractivity contribution in [2.45, 2.75) is 26.2 Å². The van der Waals surface area contributed by atoms with Crippen LogP contribution in [0.25, 0.3) is 17.2 Å². The zero-order chi connectivity index (χ0) is 20.9. The normalized spacial score (nSPS) is 11.4. The van der Waals surface area contributed by atoms with Crippen LogP contribution < -0.4 is 5.32 Å². The molecule has 0 unspecified atom stereocenters. The molecule has 0 spiro atoms. The van der Waals surface area contributed by atoms with Gasteiger partial charge in [-0.05, 0) is 52.9 Å². The van der Waals surface area contributed by atoms with E-state index in [2.05, 4.69) is 36.3 Å². The molecule has 0 radical (unpaired) electrons. The predicted molar refractivity (Wildman–Crippen MR) is 121 cm³/mol. The minimum atomic E-state index is -0.158. The number of oxazole rings is 1. The summed E-state index contributed by atoms with van der Waals surface area (Å²) in [6, 6.07) is 23.7. The first-order valence-corrected chi connectivity index (χ1v) is 10.1. The number of nitrogens with one attached hydrogen (secondary N) is 1. The van der Waals surface area contributed by atoms with E-state index in [-0.39, 0.29) is 5.91 Å². The molecule has 1 aromatic heterocycles. The Labute approximate surface area is 176 Å². The average molecular weight is 396 g/mol. The first kappa shape index (κ1) is 19.6. The highest BCUT2D eigenvalue weighted by Crippen LogP contribution is 2.19. The first-order chi connectivity index (χ1) is 14.6. The lowest BCUT2D eigenvalue weighted by atomic mass is 10.0. The van der Waals surface area contributed by atoms with Gasteiger partial charge in [0.25, 0.3) is 0 Å². The molecule has 4 heteroatoms. The van der Waals surface area contributed by atoms with Crippen LogP contribution in [0.1, 0.15) is 42.3 Å². The molecule has 0 saturated carbocycles. The van der Waals surface area contributed by atoms with Crippen molar-refractivity contribution in [3.05, 3.63) is 101 Å². The lowest BCUT2D eigenvalue weighted by Crippen LogP contribution is -2.07. The minimum absolute atomic E-state index is 0.158. The van der Waals surface area contributed by atoms with Gasteiger partial charge < -0.3 is 9.73 Å². The predicted octanol–water partition coefficient (Wildman–Crippen LogP) is 6.19. The van der Waals surface area contributed by atoms with Crippen LogP contribution >= 0.6 is 0 Å². The molecule has 4 rings (SSSR count). The number of carbonyl (C=O) groups excluding carboxylic acids is 1. The van der Waals surface area contributed by atoms with Crippen molar-refractivity contribution in [2.75, 3.05) is 5.32 Å². The highest BCUT2D eigenvalue weighted by molar-refractivity contribution is 6.01. The molecule has 150 valence electrons. The van der Waals surface area contributed by atoms with E-state index in [0.717, 1.165) is 27.9 Å². The molecule has 0 bridgehead atoms. The molecule has 4 nitrogen and oxygen atoms in total. The van der Waals surface area contributed by atoms with E-state index < -0.39 is 0 Å². The Kier molecular flexibility index (Phi) is 5.75. The number of fused-ring (bicyclic) bond motifs is 1. The Balaban J connectivity index is 1.35. The fraction of sp³-hybridized carbons (Fsp3) is 0.154. The molecule has 4 aromatic rings. The second-order valence-electron chi connectivity index (χ2n) is 7.59. The summed E-state index contributed by atoms with van der Waals surface area (Å²) in [4.78, 5) is 16.7. The van der Waals surface area contributed by atoms with Gasteiger partial charge in [-0.2, -0.15) is 0 Å². The van der Waals surface area contributed by atoms with Crippen LogP contribution in [0.5, 0.6) is 0 Å². The van der Waals surface area contributed by atoms with E-state index >= 15 is 0 Å². The molecule has 0 fully saturated rings. The molecule has 0 aliphatic heterocycles. The number of benzene rings is 3. The van der Waals surface area contributed by atoms with Crippen LogP contribution in [0.4, 0.5) is 5.69 Å². The Morgan fingerprint density at radius 1 is 1.00 bits per heavy atom. The van der Waals surface area contributed by atoms with E-state index in [1.807, 2.05) is 66.7 Å². The van der Waals surface area contributed by atoms with E-state index in [4.69, 9.17) is 4.42 Å². The van der Waals surface area contributed by atoms with Gasteiger partial charge in [0.15, 0.2) is 11.5 Å². The first-order valence-electron chi connectivity index (χ1n) is 10.1. The van der Waals surface area contributed by atoms with Crippen LogP contribution in [0.15, 0.2) is 83.3 Å². The summed E-state index contributed by atoms with van der Waals surface area (Å²) in [5, 5.41) is 2.89. The number of rotatable bonds is 6. The molecule has 1 amide bonds. The summed E-state index contributed by atoms with van der Waals surface area (Å²) in [6.07, 6.45) is 3.98. The van der Waals surface area contributed by atoms with Crippen molar-refractivity contribution in [2.24, 2.45) is 0 Å². The maximum atomic E-state index is 12.2. The fourth-order valence-electron chi connectivity index (χ4n) is 3.22. The number of carbonyl (C=O) groups is 1. The van der Waals surface area contributed by atoms with Gasteiger partial charge in [0.2, 0.25) is 5.91 Å². The second-order valence-corrected chi connectivity index (χ2v) is 7.59. The fourth-order valence-corrected chi connectivity index (χ4v) is 3.22. The Morgan fingerprint density at radius 2 is 1.73 bits per heavy atom. The lowest BCUT2D eigenvalue weighted by Gasteiger charge is -2.05. The van der Waals surface area contributed by atoms with Gasteiger partial charge in [-0.3, -0.25) is 4.79 Å². The van der Waals surface area contributed by atoms with E-state index in [9.17, 15) is 4.79 Å². The van der Waals surface area contributed by atoms with Crippen molar-refractivity contribution in [3.8, 4) is 0 Å². The topological polar surface area (TPSA) is 55.1 Å². The zero-order valence-corrected chi connectivity index (χ0v) is 17.1. The third kappa shape index (κ3) is 4.84. The monoisotopic (exact) mass is 396 g/mol. The number of para-hydroxylation sites is 2. The summed E-state index contributed by atoms with van der Waals surface area (Å²) in [7, 11) is 0. The van der Waals surface area contributed by atoms with Crippen LogP contribution in [-0.2, 0) is 11.2 Å². The second kappa shape index (κ2) is 8.78. The number of hydrogen-bond acceptors (Lipinski definition) is 3. The molecular weight excluding hydrogens is 372 g/mol. The van der Waals surface area contributed by atoms with Crippen LogP contribution in [0.3, 0.4) is 0 Å². The lowest BCUT2D eigenvalue weighted by molar-refractivity contribution is -0.111. The smallest absolute Gasteiger partial charge is 0.248 e. The average Bonchev–Trinajstić information content (AvgIpc) is 3.16. The van der Waals surface area contributed by atoms with Gasteiger partial charge in [-0.1, -0.05) is 62.4 Å². The van der Waals surface area contributed by atoms with Crippen molar-refractivity contribution < 1.29 is 9.21 Å². The summed E-state index contributed by atoms with van der Waals surface area (Å²) in [5.41, 5.74) is 5.77. The standard InChI is InChI=1S/C26H24N2O2/c1-18(2)21-12-7-19(8-13-21)11-16-25(29)27-22-14-9-20(10-15-22)17-26-28-23-5-3-4-6-24(23)30-26/h3-16,18H,17H2,1-2H3,(H,27,29)/b16-11+. The molecule has 30 heavy (non-hydrogen) atoms. The van der Waals surface area contributed by atoms with Crippen molar-refractivity contribution >= 4 is 28.8 Å². The quantitative estimate of drug-likeness (QED) is 0.395. The molecule has 0 aliphatic rings. The van der Waals surface area contributed by atoms with Crippen molar-refractivity contribution in [1.29, 1.82) is 0 Å². The molecule has 3 aromatic carbocycles. The number of amides is 1. The zero-order valence-electron chi connectivity index (χ0n) is 17.1. The van der Waals surface area contributed by atoms with E-state index in [1.54, 1.807) is 6.08 Å². The summed E-state index contributed by atoms with van der Waals surface area (Å²) in [5.74, 6) is 1.02. The minimum Gasteiger partial charge on any atom is -0.440 e. The summed E-state index contributed by atoms with van der Waals surface area (Å²) >= 11 is 0. The van der Waals surface area contributed by atoms with Gasteiger partial charge in [-0.25, -0.2) is 4.98 Å². The number of anilines is 1. The van der Waals surface area contributed by atoms with Gasteiger partial charge >= 0.3 is 0 Å². The molecule has 0 aliphatic carbocycles. The van der Waals surface area contributed by atoms with Crippen molar-refractivity contribution in [3.63, 3.8) is 0 Å². The number of hydrogen-bond donors (Lipinski definition) is 1. The number of nitrogens with zero attached hydrogens (tertiary/aromatic N) is 1. The van der Waals surface area contributed by atoms with Gasteiger partial charge in [0.05, 0.1) is 0 Å². The van der Waals surface area contributed by atoms with Crippen LogP contribution in [-0.4, -0.2) is 10.9 Å². The number of aromatic nitrogens is 1. The third-order valence-corrected chi connectivity index (χ3v) is 4.95. The SMILES string of the molecule is CC(C)c1ccc(/C=C/C(=O)Nc2ccc(Cc3nc4ccccc4o3)cc2)cc1. The largest absolute Gasteiger partial charge is 0.440 e. The third-order valence-electron chi connectivity index (χ3n) is 4.95. The van der Waals surface area contributed by atoms with Crippen molar-refractivity contribution in [1.82, 2.24) is 4.98 Å². The van der Waals surface area contributed by atoms with E-state index in [1.165, 1.54) is 5.56 Å². The molecule has 0 saturated heterocycles. The molecule has 0 atom stereocenters. The summed E-state index contributed by atoms with van der Waals surface area (Å²) < 4.78 is 5.77. The highest BCUT2D eigenvalue weighted by Gasteiger charge is 2.06. The van der Waals surface area contributed by atoms with E-state index in [0.29, 0.717) is 18.2 Å². The maximum absolute atomic E-state index is 12.2. The molecule has 1 heterocycles. The Morgan fingerprint density at radius 3 is 2.43 bits per heavy atom. The van der Waals surface area contributed by atoms with Gasteiger partial charge in [0.1, 0.15) is 5.52 Å². The van der Waals surface area contributed by atoms with Crippen LogP contribution in [0, 0.1) is 0 Å². The Bertz CT molecular complexity index is 1140. The summed E-state index contributed by atoms with van der Waals surface area (Å²) in [6.45, 7) is 4.33. The molecular formula is C26H24N2O2.